The zero-order valence-electron chi connectivity index (χ0n) is 7.66. The first-order valence-electron chi connectivity index (χ1n) is 4.16. The lowest BCUT2D eigenvalue weighted by atomic mass is 10.1. The van der Waals surface area contributed by atoms with Gasteiger partial charge in [-0.25, -0.2) is 9.59 Å². The lowest BCUT2D eigenvalue weighted by Gasteiger charge is -2.10. The predicted molar refractivity (Wildman–Crippen MR) is 48.4 cm³/mol. The van der Waals surface area contributed by atoms with Crippen LogP contribution >= 0.6 is 0 Å². The molecule has 0 saturated heterocycles. The molecule has 1 aromatic carbocycles. The Kier molecular flexibility index (Phi) is 2.04. The van der Waals surface area contributed by atoms with E-state index in [1.807, 2.05) is 0 Å². The number of hydrogen-bond donors (Lipinski definition) is 2. The first kappa shape index (κ1) is 10.3. The second-order valence-corrected chi connectivity index (χ2v) is 3.11. The number of aromatic amines is 1. The van der Waals surface area contributed by atoms with E-state index in [1.54, 1.807) is 0 Å². The minimum atomic E-state index is -4.00. The third-order valence-electron chi connectivity index (χ3n) is 2.05. The van der Waals surface area contributed by atoms with Crippen molar-refractivity contribution in [1.29, 1.82) is 0 Å². The molecule has 84 valence electrons. The number of H-pyrrole nitrogens is 1. The van der Waals surface area contributed by atoms with Crippen molar-refractivity contribution < 1.29 is 23.1 Å². The molecule has 0 atom stereocenters. The van der Waals surface area contributed by atoms with Crippen molar-refractivity contribution in [3.8, 4) is 0 Å². The number of carbonyl (C=O) groups is 1. The summed E-state index contributed by atoms with van der Waals surface area (Å²) in [6.45, 7) is 0. The molecule has 2 aromatic rings. The monoisotopic (exact) mass is 229 g/mol. The molecule has 1 heterocycles. The van der Waals surface area contributed by atoms with Gasteiger partial charge in [0.1, 0.15) is 0 Å². The molecule has 2 N–H and O–H groups in total. The summed E-state index contributed by atoms with van der Waals surface area (Å²) in [5.74, 6) is -7.04. The van der Waals surface area contributed by atoms with Gasteiger partial charge in [-0.05, 0) is 18.2 Å². The average molecular weight is 229 g/mol. The number of nitrogens with one attached hydrogen (secondary N) is 1. The van der Waals surface area contributed by atoms with Crippen molar-refractivity contribution in [3.63, 3.8) is 0 Å². The second-order valence-electron chi connectivity index (χ2n) is 3.11. The molecule has 0 radical (unpaired) electrons. The SMILES string of the molecule is O=C(O)C(F)(F)c1ccc2oc(=O)[nH]c2c1. The van der Waals surface area contributed by atoms with Crippen molar-refractivity contribution in [2.24, 2.45) is 0 Å². The minimum absolute atomic E-state index is 0.0309. The summed E-state index contributed by atoms with van der Waals surface area (Å²) >= 11 is 0. The van der Waals surface area contributed by atoms with Gasteiger partial charge in [-0.3, -0.25) is 4.98 Å². The number of rotatable bonds is 2. The van der Waals surface area contributed by atoms with Crippen LogP contribution in [0, 0.1) is 0 Å². The van der Waals surface area contributed by atoms with Gasteiger partial charge in [-0.2, -0.15) is 8.78 Å². The van der Waals surface area contributed by atoms with Gasteiger partial charge >= 0.3 is 17.6 Å². The summed E-state index contributed by atoms with van der Waals surface area (Å²) in [4.78, 5) is 23.2. The van der Waals surface area contributed by atoms with Gasteiger partial charge in [-0.1, -0.05) is 0 Å². The molecule has 1 aromatic heterocycles. The Morgan fingerprint density at radius 2 is 2.12 bits per heavy atom. The normalized spacial score (nSPS) is 11.9. The van der Waals surface area contributed by atoms with E-state index in [-0.39, 0.29) is 11.1 Å². The van der Waals surface area contributed by atoms with Crippen LogP contribution in [-0.2, 0) is 10.7 Å². The van der Waals surface area contributed by atoms with Crippen LogP contribution in [0.25, 0.3) is 11.1 Å². The number of fused-ring (bicyclic) bond motifs is 1. The van der Waals surface area contributed by atoms with E-state index in [1.165, 1.54) is 0 Å². The topological polar surface area (TPSA) is 83.3 Å². The van der Waals surface area contributed by atoms with Crippen molar-refractivity contribution in [2.45, 2.75) is 5.92 Å². The van der Waals surface area contributed by atoms with Crippen LogP contribution in [0.2, 0.25) is 0 Å². The molecule has 0 aliphatic rings. The van der Waals surface area contributed by atoms with E-state index in [9.17, 15) is 18.4 Å². The highest BCUT2D eigenvalue weighted by Crippen LogP contribution is 2.29. The fourth-order valence-corrected chi connectivity index (χ4v) is 1.27. The van der Waals surface area contributed by atoms with Gasteiger partial charge in [-0.15, -0.1) is 0 Å². The van der Waals surface area contributed by atoms with Crippen molar-refractivity contribution in [3.05, 3.63) is 34.3 Å². The van der Waals surface area contributed by atoms with Crippen molar-refractivity contribution in [1.82, 2.24) is 4.98 Å². The highest BCUT2D eigenvalue weighted by Gasteiger charge is 2.41. The lowest BCUT2D eigenvalue weighted by Crippen LogP contribution is -2.25. The minimum Gasteiger partial charge on any atom is -0.477 e. The van der Waals surface area contributed by atoms with Crippen LogP contribution in [-0.4, -0.2) is 16.1 Å². The molecular formula is C9H5F2NO4. The molecule has 0 aliphatic heterocycles. The van der Waals surface area contributed by atoms with E-state index < -0.39 is 23.2 Å². The highest BCUT2D eigenvalue weighted by atomic mass is 19.3. The van der Waals surface area contributed by atoms with E-state index in [4.69, 9.17) is 5.11 Å². The average Bonchev–Trinajstić information content (AvgIpc) is 2.56. The highest BCUT2D eigenvalue weighted by molar-refractivity contribution is 5.80. The molecule has 16 heavy (non-hydrogen) atoms. The zero-order valence-corrected chi connectivity index (χ0v) is 7.66. The fourth-order valence-electron chi connectivity index (χ4n) is 1.27. The Labute approximate surface area is 86.3 Å². The van der Waals surface area contributed by atoms with Gasteiger partial charge in [0.25, 0.3) is 0 Å². The summed E-state index contributed by atoms with van der Waals surface area (Å²) in [6.07, 6.45) is 0. The molecular weight excluding hydrogens is 224 g/mol. The third-order valence-corrected chi connectivity index (χ3v) is 2.05. The fraction of sp³-hybridized carbons (Fsp3) is 0.111. The Morgan fingerprint density at radius 1 is 1.44 bits per heavy atom. The number of halogens is 2. The van der Waals surface area contributed by atoms with Crippen LogP contribution in [0.1, 0.15) is 5.56 Å². The Bertz CT molecular complexity index is 613. The van der Waals surface area contributed by atoms with Crippen molar-refractivity contribution >= 4 is 17.1 Å². The van der Waals surface area contributed by atoms with Gasteiger partial charge in [0, 0.05) is 5.56 Å². The number of carboxylic acids is 1. The largest absolute Gasteiger partial charge is 0.477 e. The number of oxazole rings is 1. The Balaban J connectivity index is 2.63. The van der Waals surface area contributed by atoms with Crippen LogP contribution < -0.4 is 5.76 Å². The van der Waals surface area contributed by atoms with E-state index in [2.05, 4.69) is 9.40 Å². The second kappa shape index (κ2) is 3.16. The maximum Gasteiger partial charge on any atom is 0.417 e. The molecule has 5 nitrogen and oxygen atoms in total. The molecule has 0 unspecified atom stereocenters. The van der Waals surface area contributed by atoms with Crippen LogP contribution in [0.15, 0.2) is 27.4 Å². The molecule has 2 rings (SSSR count). The summed E-state index contributed by atoms with van der Waals surface area (Å²) in [7, 11) is 0. The Morgan fingerprint density at radius 3 is 2.75 bits per heavy atom. The first-order chi connectivity index (χ1) is 7.41. The smallest absolute Gasteiger partial charge is 0.417 e. The molecule has 0 saturated carbocycles. The van der Waals surface area contributed by atoms with Gasteiger partial charge < -0.3 is 9.52 Å². The van der Waals surface area contributed by atoms with E-state index >= 15 is 0 Å². The van der Waals surface area contributed by atoms with Crippen LogP contribution in [0.3, 0.4) is 0 Å². The first-order valence-corrected chi connectivity index (χ1v) is 4.16. The van der Waals surface area contributed by atoms with E-state index in [0.29, 0.717) is 0 Å². The van der Waals surface area contributed by atoms with Gasteiger partial charge in [0.15, 0.2) is 5.58 Å². The number of alkyl halides is 2. The molecule has 7 heteroatoms. The predicted octanol–water partition coefficient (Wildman–Crippen LogP) is 1.30. The van der Waals surface area contributed by atoms with Gasteiger partial charge in [0.2, 0.25) is 0 Å². The van der Waals surface area contributed by atoms with Crippen LogP contribution in [0.5, 0.6) is 0 Å². The molecule has 0 spiro atoms. The number of benzene rings is 1. The zero-order chi connectivity index (χ0) is 11.9. The van der Waals surface area contributed by atoms with Crippen LogP contribution in [0.4, 0.5) is 8.78 Å². The summed E-state index contributed by atoms with van der Waals surface area (Å²) in [5, 5.41) is 8.33. The lowest BCUT2D eigenvalue weighted by molar-refractivity contribution is -0.166. The quantitative estimate of drug-likeness (QED) is 0.812. The summed E-state index contributed by atoms with van der Waals surface area (Å²) in [5.41, 5.74) is -0.595. The number of aromatic nitrogens is 1. The molecule has 0 aliphatic carbocycles. The maximum absolute atomic E-state index is 13.1. The maximum atomic E-state index is 13.1. The Hall–Kier alpha value is -2.18. The van der Waals surface area contributed by atoms with Gasteiger partial charge in [0.05, 0.1) is 5.52 Å². The summed E-state index contributed by atoms with van der Waals surface area (Å²) in [6, 6.07) is 2.88. The van der Waals surface area contributed by atoms with Crippen molar-refractivity contribution in [2.75, 3.05) is 0 Å². The molecule has 0 amide bonds. The number of aliphatic carboxylic acids is 1. The number of carboxylic acid groups (broad SMARTS) is 1. The van der Waals surface area contributed by atoms with E-state index in [0.717, 1.165) is 18.2 Å². The molecule has 0 fully saturated rings. The third kappa shape index (κ3) is 1.46. The molecule has 0 bridgehead atoms. The number of hydrogen-bond acceptors (Lipinski definition) is 3. The standard InChI is InChI=1S/C9H5F2NO4/c10-9(11,7(13)14)4-1-2-6-5(3-4)12-8(15)16-6/h1-3H,(H,12,15)(H,13,14). The summed E-state index contributed by atoms with van der Waals surface area (Å²) < 4.78 is 30.8.